The molecule has 0 aliphatic carbocycles. The number of carboxylic acid groups (broad SMARTS) is 1. The predicted molar refractivity (Wildman–Crippen MR) is 49.1 cm³/mol. The van der Waals surface area contributed by atoms with Gasteiger partial charge >= 0.3 is 5.97 Å². The van der Waals surface area contributed by atoms with Gasteiger partial charge in [0.25, 0.3) is 0 Å². The lowest BCUT2D eigenvalue weighted by molar-refractivity contribution is 0.0696. The van der Waals surface area contributed by atoms with Gasteiger partial charge in [-0.2, -0.15) is 0 Å². The summed E-state index contributed by atoms with van der Waals surface area (Å²) in [6.07, 6.45) is 0.747. The summed E-state index contributed by atoms with van der Waals surface area (Å²) >= 11 is 0. The summed E-state index contributed by atoms with van der Waals surface area (Å²) in [5, 5.41) is 8.65. The molecule has 0 aliphatic rings. The third-order valence-corrected chi connectivity index (χ3v) is 1.64. The Bertz CT molecular complexity index is 336. The Morgan fingerprint density at radius 1 is 1.57 bits per heavy atom. The van der Waals surface area contributed by atoms with Gasteiger partial charge in [0, 0.05) is 0 Å². The zero-order valence-electron chi connectivity index (χ0n) is 7.79. The third kappa shape index (κ3) is 2.45. The topological polar surface area (TPSA) is 46.5 Å². The third-order valence-electron chi connectivity index (χ3n) is 1.64. The monoisotopic (exact) mass is 198 g/mol. The first-order valence-electron chi connectivity index (χ1n) is 4.30. The van der Waals surface area contributed by atoms with Crippen molar-refractivity contribution in [1.29, 1.82) is 0 Å². The van der Waals surface area contributed by atoms with Crippen molar-refractivity contribution >= 4 is 5.97 Å². The van der Waals surface area contributed by atoms with Crippen LogP contribution in [0.3, 0.4) is 0 Å². The van der Waals surface area contributed by atoms with Crippen LogP contribution in [0.25, 0.3) is 0 Å². The van der Waals surface area contributed by atoms with Gasteiger partial charge in [0.15, 0.2) is 11.6 Å². The smallest absolute Gasteiger partial charge is 0.335 e. The molecule has 0 unspecified atom stereocenters. The van der Waals surface area contributed by atoms with Crippen molar-refractivity contribution in [2.75, 3.05) is 6.61 Å². The lowest BCUT2D eigenvalue weighted by Crippen LogP contribution is -2.01. The molecule has 0 spiro atoms. The number of ether oxygens (including phenoxy) is 1. The van der Waals surface area contributed by atoms with Gasteiger partial charge in [-0.25, -0.2) is 9.18 Å². The Morgan fingerprint density at radius 2 is 2.29 bits per heavy atom. The van der Waals surface area contributed by atoms with E-state index in [1.165, 1.54) is 12.1 Å². The molecule has 0 saturated carbocycles. The van der Waals surface area contributed by atoms with Crippen LogP contribution in [-0.2, 0) is 0 Å². The van der Waals surface area contributed by atoms with E-state index in [-0.39, 0.29) is 11.3 Å². The highest BCUT2D eigenvalue weighted by atomic mass is 19.1. The van der Waals surface area contributed by atoms with E-state index in [0.717, 1.165) is 12.5 Å². The second-order valence-electron chi connectivity index (χ2n) is 2.80. The van der Waals surface area contributed by atoms with Gasteiger partial charge in [-0.05, 0) is 24.6 Å². The van der Waals surface area contributed by atoms with Crippen LogP contribution in [0.2, 0.25) is 0 Å². The quantitative estimate of drug-likeness (QED) is 0.807. The number of benzene rings is 1. The van der Waals surface area contributed by atoms with Crippen molar-refractivity contribution in [2.24, 2.45) is 0 Å². The van der Waals surface area contributed by atoms with E-state index >= 15 is 0 Å². The van der Waals surface area contributed by atoms with Gasteiger partial charge in [0.05, 0.1) is 12.2 Å². The Hall–Kier alpha value is -1.58. The summed E-state index contributed by atoms with van der Waals surface area (Å²) in [4.78, 5) is 10.6. The van der Waals surface area contributed by atoms with Crippen LogP contribution < -0.4 is 4.74 Å². The van der Waals surface area contributed by atoms with Crippen molar-refractivity contribution in [3.05, 3.63) is 29.6 Å². The molecule has 76 valence electrons. The number of carboxylic acids is 1. The van der Waals surface area contributed by atoms with Crippen LogP contribution in [0.15, 0.2) is 18.2 Å². The molecule has 0 atom stereocenters. The van der Waals surface area contributed by atoms with Gasteiger partial charge in [-0.3, -0.25) is 0 Å². The van der Waals surface area contributed by atoms with E-state index in [4.69, 9.17) is 9.84 Å². The van der Waals surface area contributed by atoms with Crippen molar-refractivity contribution in [3.8, 4) is 5.75 Å². The maximum Gasteiger partial charge on any atom is 0.335 e. The Labute approximate surface area is 81.1 Å². The van der Waals surface area contributed by atoms with E-state index in [1.807, 2.05) is 6.92 Å². The zero-order chi connectivity index (χ0) is 10.6. The normalized spacial score (nSPS) is 9.86. The second kappa shape index (κ2) is 4.60. The number of carbonyl (C=O) groups is 1. The minimum Gasteiger partial charge on any atom is -0.491 e. The standard InChI is InChI=1S/C10H11FO3/c1-2-5-14-9-6-7(10(12)13)3-4-8(9)11/h3-4,6H,2,5H2,1H3,(H,12,13). The molecule has 0 fully saturated rings. The van der Waals surface area contributed by atoms with Gasteiger partial charge in [0.2, 0.25) is 0 Å². The average Bonchev–Trinajstić information content (AvgIpc) is 2.16. The molecule has 0 heterocycles. The largest absolute Gasteiger partial charge is 0.491 e. The van der Waals surface area contributed by atoms with Gasteiger partial charge in [-0.15, -0.1) is 0 Å². The van der Waals surface area contributed by atoms with Gasteiger partial charge in [-0.1, -0.05) is 6.92 Å². The molecular formula is C10H11FO3. The van der Waals surface area contributed by atoms with Crippen LogP contribution in [0.4, 0.5) is 4.39 Å². The molecule has 0 saturated heterocycles. The van der Waals surface area contributed by atoms with E-state index < -0.39 is 11.8 Å². The molecular weight excluding hydrogens is 187 g/mol. The van der Waals surface area contributed by atoms with Gasteiger partial charge < -0.3 is 9.84 Å². The molecule has 0 radical (unpaired) electrons. The first kappa shape index (κ1) is 10.5. The SMILES string of the molecule is CCCOc1cc(C(=O)O)ccc1F. The van der Waals surface area contributed by atoms with Crippen molar-refractivity contribution in [3.63, 3.8) is 0 Å². The first-order chi connectivity index (χ1) is 6.65. The summed E-state index contributed by atoms with van der Waals surface area (Å²) in [5.41, 5.74) is 0.0255. The lowest BCUT2D eigenvalue weighted by Gasteiger charge is -2.06. The summed E-state index contributed by atoms with van der Waals surface area (Å²) in [7, 11) is 0. The fourth-order valence-corrected chi connectivity index (χ4v) is 0.959. The number of aromatic carboxylic acids is 1. The van der Waals surface area contributed by atoms with Crippen LogP contribution in [0, 0.1) is 5.82 Å². The Kier molecular flexibility index (Phi) is 3.45. The first-order valence-corrected chi connectivity index (χ1v) is 4.30. The molecule has 14 heavy (non-hydrogen) atoms. The van der Waals surface area contributed by atoms with Crippen LogP contribution in [0.1, 0.15) is 23.7 Å². The highest BCUT2D eigenvalue weighted by molar-refractivity contribution is 5.88. The number of hydrogen-bond donors (Lipinski definition) is 1. The molecule has 1 N–H and O–H groups in total. The van der Waals surface area contributed by atoms with E-state index in [2.05, 4.69) is 0 Å². The fourth-order valence-electron chi connectivity index (χ4n) is 0.959. The second-order valence-corrected chi connectivity index (χ2v) is 2.80. The minimum atomic E-state index is -1.09. The molecule has 1 aromatic rings. The van der Waals surface area contributed by atoms with Gasteiger partial charge in [0.1, 0.15) is 0 Å². The molecule has 0 bridgehead atoms. The highest BCUT2D eigenvalue weighted by Crippen LogP contribution is 2.18. The van der Waals surface area contributed by atoms with E-state index in [1.54, 1.807) is 0 Å². The molecule has 1 rings (SSSR count). The summed E-state index contributed by atoms with van der Waals surface area (Å²) in [6.45, 7) is 2.26. The molecule has 1 aromatic carbocycles. The summed E-state index contributed by atoms with van der Waals surface area (Å²) in [5.74, 6) is -1.64. The van der Waals surface area contributed by atoms with Crippen molar-refractivity contribution in [2.45, 2.75) is 13.3 Å². The van der Waals surface area contributed by atoms with Crippen LogP contribution in [-0.4, -0.2) is 17.7 Å². The van der Waals surface area contributed by atoms with Crippen molar-refractivity contribution < 1.29 is 19.0 Å². The molecule has 3 nitrogen and oxygen atoms in total. The van der Waals surface area contributed by atoms with E-state index in [0.29, 0.717) is 6.61 Å². The summed E-state index contributed by atoms with van der Waals surface area (Å²) in [6, 6.07) is 3.48. The highest BCUT2D eigenvalue weighted by Gasteiger charge is 2.08. The number of hydrogen-bond acceptors (Lipinski definition) is 2. The molecule has 4 heteroatoms. The number of halogens is 1. The molecule has 0 amide bonds. The van der Waals surface area contributed by atoms with Crippen molar-refractivity contribution in [1.82, 2.24) is 0 Å². The maximum absolute atomic E-state index is 13.0. The summed E-state index contributed by atoms with van der Waals surface area (Å²) < 4.78 is 18.1. The zero-order valence-corrected chi connectivity index (χ0v) is 7.79. The maximum atomic E-state index is 13.0. The number of rotatable bonds is 4. The fraction of sp³-hybridized carbons (Fsp3) is 0.300. The minimum absolute atomic E-state index is 0.00764. The van der Waals surface area contributed by atoms with Crippen LogP contribution >= 0.6 is 0 Å². The average molecular weight is 198 g/mol. The molecule has 0 aromatic heterocycles. The van der Waals surface area contributed by atoms with Crippen LogP contribution in [0.5, 0.6) is 5.75 Å². The van der Waals surface area contributed by atoms with E-state index in [9.17, 15) is 9.18 Å². The Morgan fingerprint density at radius 3 is 2.86 bits per heavy atom. The predicted octanol–water partition coefficient (Wildman–Crippen LogP) is 2.31. The Balaban J connectivity index is 2.90. The lowest BCUT2D eigenvalue weighted by atomic mass is 10.2. The molecule has 0 aliphatic heterocycles.